The van der Waals surface area contributed by atoms with Crippen LogP contribution in [0.4, 0.5) is 5.69 Å². The Kier molecular flexibility index (Phi) is 7.35. The molecule has 3 N–H and O–H groups in total. The number of aliphatic hydroxyl groups is 1. The first-order valence-corrected chi connectivity index (χ1v) is 7.84. The molecule has 0 aliphatic rings. The van der Waals surface area contributed by atoms with Crippen LogP contribution in [-0.4, -0.2) is 55.2 Å². The van der Waals surface area contributed by atoms with Crippen molar-refractivity contribution in [2.24, 2.45) is 0 Å². The van der Waals surface area contributed by atoms with Crippen molar-refractivity contribution in [3.8, 4) is 0 Å². The summed E-state index contributed by atoms with van der Waals surface area (Å²) in [7, 11) is 3.78. The molecule has 1 aromatic rings. The summed E-state index contributed by atoms with van der Waals surface area (Å²) in [6.07, 6.45) is 2.17. The second-order valence-electron chi connectivity index (χ2n) is 6.24. The van der Waals surface area contributed by atoms with Crippen molar-refractivity contribution in [3.05, 3.63) is 29.8 Å². The van der Waals surface area contributed by atoms with E-state index >= 15 is 0 Å². The Morgan fingerprint density at radius 1 is 1.32 bits per heavy atom. The number of nitrogens with zero attached hydrogens (tertiary/aromatic N) is 1. The molecule has 0 saturated carbocycles. The molecule has 0 spiro atoms. The zero-order valence-corrected chi connectivity index (χ0v) is 14.1. The maximum Gasteiger partial charge on any atom is 0.253 e. The van der Waals surface area contributed by atoms with Gasteiger partial charge in [-0.25, -0.2) is 0 Å². The zero-order valence-electron chi connectivity index (χ0n) is 14.1. The van der Waals surface area contributed by atoms with Crippen molar-refractivity contribution in [2.45, 2.75) is 32.3 Å². The van der Waals surface area contributed by atoms with Gasteiger partial charge in [-0.2, -0.15) is 0 Å². The van der Waals surface area contributed by atoms with Gasteiger partial charge in [0.1, 0.15) is 0 Å². The molecule has 0 heterocycles. The Labute approximate surface area is 133 Å². The molecule has 0 aromatic heterocycles. The quantitative estimate of drug-likeness (QED) is 0.610. The number of carbonyl (C=O) groups is 1. The molecule has 0 fully saturated rings. The lowest BCUT2D eigenvalue weighted by Crippen LogP contribution is -2.47. The average Bonchev–Trinajstić information content (AvgIpc) is 2.44. The molecule has 0 bridgehead atoms. The first kappa shape index (κ1) is 18.5. The SMILES string of the molecule is CCCCNc1ccccc1C(=O)NCC(C)(O)CN(C)C. The summed E-state index contributed by atoms with van der Waals surface area (Å²) < 4.78 is 0. The highest BCUT2D eigenvalue weighted by molar-refractivity contribution is 5.99. The minimum Gasteiger partial charge on any atom is -0.387 e. The number of likely N-dealkylation sites (N-methyl/N-ethyl adjacent to an activating group) is 1. The van der Waals surface area contributed by atoms with E-state index in [-0.39, 0.29) is 12.5 Å². The highest BCUT2D eigenvalue weighted by Gasteiger charge is 2.22. The molecule has 0 aliphatic carbocycles. The molecule has 1 rings (SSSR count). The van der Waals surface area contributed by atoms with Crippen LogP contribution in [0, 0.1) is 0 Å². The molecule has 5 nitrogen and oxygen atoms in total. The van der Waals surface area contributed by atoms with E-state index in [1.54, 1.807) is 13.0 Å². The van der Waals surface area contributed by atoms with Crippen LogP contribution in [0.15, 0.2) is 24.3 Å². The third-order valence-corrected chi connectivity index (χ3v) is 3.30. The predicted molar refractivity (Wildman–Crippen MR) is 91.4 cm³/mol. The summed E-state index contributed by atoms with van der Waals surface area (Å²) in [5.41, 5.74) is 0.490. The monoisotopic (exact) mass is 307 g/mol. The largest absolute Gasteiger partial charge is 0.387 e. The van der Waals surface area contributed by atoms with Crippen LogP contribution in [0.1, 0.15) is 37.0 Å². The fourth-order valence-corrected chi connectivity index (χ4v) is 2.34. The van der Waals surface area contributed by atoms with Crippen LogP contribution in [0.25, 0.3) is 0 Å². The van der Waals surface area contributed by atoms with E-state index in [1.807, 2.05) is 37.2 Å². The minimum absolute atomic E-state index is 0.168. The number of rotatable bonds is 9. The summed E-state index contributed by atoms with van der Waals surface area (Å²) >= 11 is 0. The van der Waals surface area contributed by atoms with Crippen molar-refractivity contribution in [1.29, 1.82) is 0 Å². The van der Waals surface area contributed by atoms with Crippen LogP contribution in [0.3, 0.4) is 0 Å². The molecule has 124 valence electrons. The lowest BCUT2D eigenvalue weighted by atomic mass is 10.1. The van der Waals surface area contributed by atoms with Gasteiger partial charge in [-0.05, 0) is 39.6 Å². The van der Waals surface area contributed by atoms with Gasteiger partial charge in [0.25, 0.3) is 5.91 Å². The van der Waals surface area contributed by atoms with Crippen molar-refractivity contribution >= 4 is 11.6 Å². The highest BCUT2D eigenvalue weighted by atomic mass is 16.3. The van der Waals surface area contributed by atoms with Crippen LogP contribution in [0.5, 0.6) is 0 Å². The number of hydrogen-bond donors (Lipinski definition) is 3. The molecule has 1 atom stereocenters. The normalized spacial score (nSPS) is 13.7. The van der Waals surface area contributed by atoms with Crippen molar-refractivity contribution < 1.29 is 9.90 Å². The van der Waals surface area contributed by atoms with Gasteiger partial charge >= 0.3 is 0 Å². The molecule has 1 amide bonds. The summed E-state index contributed by atoms with van der Waals surface area (Å²) in [6.45, 7) is 5.40. The number of carbonyl (C=O) groups excluding carboxylic acids is 1. The first-order chi connectivity index (χ1) is 10.4. The third kappa shape index (κ3) is 6.45. The number of unbranched alkanes of at least 4 members (excludes halogenated alkanes) is 1. The van der Waals surface area contributed by atoms with Crippen LogP contribution in [-0.2, 0) is 0 Å². The number of nitrogens with one attached hydrogen (secondary N) is 2. The summed E-state index contributed by atoms with van der Waals surface area (Å²) in [5.74, 6) is -0.168. The molecule has 22 heavy (non-hydrogen) atoms. The number of amides is 1. The fraction of sp³-hybridized carbons (Fsp3) is 0.588. The van der Waals surface area contributed by atoms with E-state index in [4.69, 9.17) is 0 Å². The Morgan fingerprint density at radius 3 is 2.64 bits per heavy atom. The Hall–Kier alpha value is -1.59. The van der Waals surface area contributed by atoms with E-state index in [0.717, 1.165) is 25.1 Å². The van der Waals surface area contributed by atoms with Gasteiger partial charge in [0.2, 0.25) is 0 Å². The highest BCUT2D eigenvalue weighted by Crippen LogP contribution is 2.15. The Bertz CT molecular complexity index is 473. The molecule has 1 unspecified atom stereocenters. The molecule has 0 aliphatic heterocycles. The molecule has 0 saturated heterocycles. The summed E-state index contributed by atoms with van der Waals surface area (Å²) in [4.78, 5) is 14.3. The Morgan fingerprint density at radius 2 is 2.00 bits per heavy atom. The lowest BCUT2D eigenvalue weighted by Gasteiger charge is -2.27. The predicted octanol–water partition coefficient (Wildman–Crippen LogP) is 1.94. The summed E-state index contributed by atoms with van der Waals surface area (Å²) in [5, 5.41) is 16.4. The van der Waals surface area contributed by atoms with Gasteiger partial charge in [-0.3, -0.25) is 4.79 Å². The Balaban J connectivity index is 2.65. The minimum atomic E-state index is -0.955. The van der Waals surface area contributed by atoms with E-state index in [1.165, 1.54) is 0 Å². The number of benzene rings is 1. The van der Waals surface area contributed by atoms with Crippen molar-refractivity contribution in [1.82, 2.24) is 10.2 Å². The second kappa shape index (κ2) is 8.76. The summed E-state index contributed by atoms with van der Waals surface area (Å²) in [6, 6.07) is 7.46. The van der Waals surface area contributed by atoms with Crippen LogP contribution < -0.4 is 10.6 Å². The van der Waals surface area contributed by atoms with E-state index in [9.17, 15) is 9.90 Å². The van der Waals surface area contributed by atoms with Gasteiger partial charge in [0.15, 0.2) is 0 Å². The van der Waals surface area contributed by atoms with Crippen molar-refractivity contribution in [3.63, 3.8) is 0 Å². The van der Waals surface area contributed by atoms with Gasteiger partial charge in [-0.1, -0.05) is 25.5 Å². The van der Waals surface area contributed by atoms with Crippen molar-refractivity contribution in [2.75, 3.05) is 39.0 Å². The number of hydrogen-bond acceptors (Lipinski definition) is 4. The standard InChI is InChI=1S/C17H29N3O2/c1-5-6-11-18-15-10-8-7-9-14(15)16(21)19-12-17(2,22)13-20(3)4/h7-10,18,22H,5-6,11-13H2,1-4H3,(H,19,21). The van der Waals surface area contributed by atoms with E-state index < -0.39 is 5.60 Å². The van der Waals surface area contributed by atoms with Crippen LogP contribution in [0.2, 0.25) is 0 Å². The maximum absolute atomic E-state index is 12.4. The zero-order chi connectivity index (χ0) is 16.6. The fourth-order valence-electron chi connectivity index (χ4n) is 2.34. The third-order valence-electron chi connectivity index (χ3n) is 3.30. The molecule has 1 aromatic carbocycles. The van der Waals surface area contributed by atoms with Gasteiger partial charge in [-0.15, -0.1) is 0 Å². The van der Waals surface area contributed by atoms with Gasteiger partial charge in [0, 0.05) is 25.3 Å². The smallest absolute Gasteiger partial charge is 0.253 e. The molecule has 0 radical (unpaired) electrons. The van der Waals surface area contributed by atoms with E-state index in [0.29, 0.717) is 12.1 Å². The molecular formula is C17H29N3O2. The first-order valence-electron chi connectivity index (χ1n) is 7.84. The maximum atomic E-state index is 12.4. The number of para-hydroxylation sites is 1. The lowest BCUT2D eigenvalue weighted by molar-refractivity contribution is 0.0326. The van der Waals surface area contributed by atoms with Crippen LogP contribution >= 0.6 is 0 Å². The topological polar surface area (TPSA) is 64.6 Å². The van der Waals surface area contributed by atoms with Gasteiger partial charge < -0.3 is 20.6 Å². The van der Waals surface area contributed by atoms with Gasteiger partial charge in [0.05, 0.1) is 11.2 Å². The average molecular weight is 307 g/mol. The number of anilines is 1. The second-order valence-corrected chi connectivity index (χ2v) is 6.24. The molecular weight excluding hydrogens is 278 g/mol. The molecule has 5 heteroatoms. The van der Waals surface area contributed by atoms with E-state index in [2.05, 4.69) is 17.6 Å².